The molecular weight excluding hydrogens is 661 g/mol. The third kappa shape index (κ3) is 7.76. The number of amides is 2. The van der Waals surface area contributed by atoms with Crippen molar-refractivity contribution >= 4 is 61.7 Å². The summed E-state index contributed by atoms with van der Waals surface area (Å²) in [5.74, 6) is -0.736. The number of halogens is 2. The van der Waals surface area contributed by atoms with E-state index in [4.69, 9.17) is 11.6 Å². The average molecular weight is 694 g/mol. The molecule has 2 amide bonds. The van der Waals surface area contributed by atoms with Crippen LogP contribution in [0.3, 0.4) is 0 Å². The number of carbonyl (C=O) groups is 2. The number of hydrogen-bond donors (Lipinski definition) is 1. The summed E-state index contributed by atoms with van der Waals surface area (Å²) in [5.41, 5.74) is 1.14. The normalized spacial score (nSPS) is 14.8. The molecule has 0 unspecified atom stereocenters. The van der Waals surface area contributed by atoms with Crippen molar-refractivity contribution in [3.8, 4) is 0 Å². The Morgan fingerprint density at radius 3 is 2.20 bits per heavy atom. The summed E-state index contributed by atoms with van der Waals surface area (Å²) in [7, 11) is -4.08. The summed E-state index contributed by atoms with van der Waals surface area (Å²) in [6.07, 6.45) is 5.12. The first-order chi connectivity index (χ1) is 19.1. The number of carbonyl (C=O) groups excluding carboxylic acids is 2. The van der Waals surface area contributed by atoms with E-state index in [9.17, 15) is 18.0 Å². The molecule has 0 aromatic heterocycles. The van der Waals surface area contributed by atoms with Crippen LogP contribution in [0.25, 0.3) is 0 Å². The van der Waals surface area contributed by atoms with Gasteiger partial charge in [0.15, 0.2) is 0 Å². The first-order valence-electron chi connectivity index (χ1n) is 13.3. The lowest BCUT2D eigenvalue weighted by atomic mass is 9.95. The second-order valence-corrected chi connectivity index (χ2v) is 13.5. The smallest absolute Gasteiger partial charge is 0.264 e. The Balaban J connectivity index is 1.65. The van der Waals surface area contributed by atoms with E-state index in [1.165, 1.54) is 17.0 Å². The molecule has 3 aromatic rings. The Hall–Kier alpha value is -2.63. The largest absolute Gasteiger partial charge is 0.352 e. The highest BCUT2D eigenvalue weighted by Crippen LogP contribution is 2.26. The van der Waals surface area contributed by atoms with Gasteiger partial charge in [-0.25, -0.2) is 8.42 Å². The Bertz CT molecular complexity index is 1400. The molecule has 1 aliphatic carbocycles. The SMILES string of the molecule is C[C@H](C(=O)NC1CCCCC1)N(Cc1ccc(Cl)cc1)C(=O)CN(c1ccc(I)cc1)S(=O)(=O)c1ccccc1. The van der Waals surface area contributed by atoms with Gasteiger partial charge in [0.1, 0.15) is 12.6 Å². The molecular formula is C30H33ClIN3O4S. The maximum atomic E-state index is 14.0. The van der Waals surface area contributed by atoms with Gasteiger partial charge in [-0.2, -0.15) is 0 Å². The molecule has 0 spiro atoms. The minimum atomic E-state index is -4.08. The summed E-state index contributed by atoms with van der Waals surface area (Å²) in [6.45, 7) is 1.35. The van der Waals surface area contributed by atoms with Crippen LogP contribution in [0.4, 0.5) is 5.69 Å². The lowest BCUT2D eigenvalue weighted by Crippen LogP contribution is -2.53. The van der Waals surface area contributed by atoms with E-state index >= 15 is 0 Å². The molecule has 0 saturated heterocycles. The van der Waals surface area contributed by atoms with Gasteiger partial charge in [0.2, 0.25) is 11.8 Å². The molecule has 1 aliphatic rings. The van der Waals surface area contributed by atoms with E-state index in [0.717, 1.165) is 45.5 Å². The van der Waals surface area contributed by atoms with Crippen molar-refractivity contribution in [2.75, 3.05) is 10.8 Å². The molecule has 40 heavy (non-hydrogen) atoms. The van der Waals surface area contributed by atoms with Crippen molar-refractivity contribution in [3.05, 3.63) is 93.0 Å². The van der Waals surface area contributed by atoms with Crippen LogP contribution < -0.4 is 9.62 Å². The fourth-order valence-corrected chi connectivity index (χ4v) is 6.71. The van der Waals surface area contributed by atoms with E-state index in [1.807, 2.05) is 0 Å². The van der Waals surface area contributed by atoms with E-state index in [0.29, 0.717) is 10.7 Å². The summed E-state index contributed by atoms with van der Waals surface area (Å²) >= 11 is 8.21. The molecule has 0 aliphatic heterocycles. The first-order valence-corrected chi connectivity index (χ1v) is 16.2. The zero-order chi connectivity index (χ0) is 28.7. The lowest BCUT2D eigenvalue weighted by molar-refractivity contribution is -0.139. The van der Waals surface area contributed by atoms with Crippen LogP contribution in [0.2, 0.25) is 5.02 Å². The molecule has 3 aromatic carbocycles. The molecule has 0 heterocycles. The fraction of sp³-hybridized carbons (Fsp3) is 0.333. The van der Waals surface area contributed by atoms with Gasteiger partial charge in [-0.1, -0.05) is 61.2 Å². The number of benzene rings is 3. The summed E-state index contributed by atoms with van der Waals surface area (Å²) < 4.78 is 29.6. The topological polar surface area (TPSA) is 86.8 Å². The molecule has 212 valence electrons. The molecule has 4 rings (SSSR count). The lowest BCUT2D eigenvalue weighted by Gasteiger charge is -2.33. The Kier molecular flexibility index (Phi) is 10.5. The van der Waals surface area contributed by atoms with Crippen LogP contribution in [0, 0.1) is 3.57 Å². The number of anilines is 1. The first kappa shape index (κ1) is 30.3. The van der Waals surface area contributed by atoms with Crippen molar-refractivity contribution in [1.82, 2.24) is 10.2 Å². The van der Waals surface area contributed by atoms with Crippen molar-refractivity contribution < 1.29 is 18.0 Å². The van der Waals surface area contributed by atoms with Crippen molar-refractivity contribution in [1.29, 1.82) is 0 Å². The van der Waals surface area contributed by atoms with Crippen LogP contribution in [-0.2, 0) is 26.2 Å². The van der Waals surface area contributed by atoms with Gasteiger partial charge in [-0.05, 0) is 96.5 Å². The maximum Gasteiger partial charge on any atom is 0.264 e. The van der Waals surface area contributed by atoms with Gasteiger partial charge in [0.25, 0.3) is 10.0 Å². The molecule has 1 N–H and O–H groups in total. The number of sulfonamides is 1. The molecule has 7 nitrogen and oxygen atoms in total. The third-order valence-electron chi connectivity index (χ3n) is 7.11. The zero-order valence-corrected chi connectivity index (χ0v) is 26.0. The number of nitrogens with one attached hydrogen (secondary N) is 1. The highest BCUT2D eigenvalue weighted by Gasteiger charge is 2.33. The van der Waals surface area contributed by atoms with E-state index in [-0.39, 0.29) is 23.4 Å². The Labute approximate surface area is 255 Å². The van der Waals surface area contributed by atoms with Gasteiger partial charge in [0, 0.05) is 21.2 Å². The summed E-state index contributed by atoms with van der Waals surface area (Å²) in [5, 5.41) is 3.67. The van der Waals surface area contributed by atoms with Gasteiger partial charge in [-0.15, -0.1) is 0 Å². The van der Waals surface area contributed by atoms with Crippen LogP contribution in [0.1, 0.15) is 44.6 Å². The molecule has 1 fully saturated rings. The molecule has 1 atom stereocenters. The zero-order valence-electron chi connectivity index (χ0n) is 22.3. The average Bonchev–Trinajstić information content (AvgIpc) is 2.96. The Morgan fingerprint density at radius 2 is 1.57 bits per heavy atom. The standard InChI is InChI=1S/C30H33ClIN3O4S/c1-22(30(37)33-26-8-4-2-5-9-26)34(20-23-12-14-24(31)15-13-23)29(36)21-35(27-18-16-25(32)17-19-27)40(38,39)28-10-6-3-7-11-28/h3,6-7,10-19,22,26H,2,4-5,8-9,20-21H2,1H3,(H,33,37)/t22-/m1/s1. The van der Waals surface area contributed by atoms with Gasteiger partial charge in [0.05, 0.1) is 10.6 Å². The highest BCUT2D eigenvalue weighted by atomic mass is 127. The van der Waals surface area contributed by atoms with Crippen LogP contribution >= 0.6 is 34.2 Å². The monoisotopic (exact) mass is 693 g/mol. The molecule has 0 radical (unpaired) electrons. The van der Waals surface area contributed by atoms with Crippen molar-refractivity contribution in [2.24, 2.45) is 0 Å². The maximum absolute atomic E-state index is 14.0. The minimum Gasteiger partial charge on any atom is -0.352 e. The molecule has 0 bridgehead atoms. The molecule has 10 heteroatoms. The van der Waals surface area contributed by atoms with E-state index in [2.05, 4.69) is 27.9 Å². The third-order valence-corrected chi connectivity index (χ3v) is 9.87. The predicted molar refractivity (Wildman–Crippen MR) is 167 cm³/mol. The van der Waals surface area contributed by atoms with Gasteiger partial charge in [-0.3, -0.25) is 13.9 Å². The van der Waals surface area contributed by atoms with Crippen LogP contribution in [0.5, 0.6) is 0 Å². The number of nitrogens with zero attached hydrogens (tertiary/aromatic N) is 2. The number of hydrogen-bond acceptors (Lipinski definition) is 4. The quantitative estimate of drug-likeness (QED) is 0.264. The van der Waals surface area contributed by atoms with Crippen molar-refractivity contribution in [2.45, 2.75) is 62.6 Å². The second-order valence-electron chi connectivity index (χ2n) is 9.97. The molecule has 1 saturated carbocycles. The second kappa shape index (κ2) is 13.8. The van der Waals surface area contributed by atoms with Crippen LogP contribution in [0.15, 0.2) is 83.8 Å². The Morgan fingerprint density at radius 1 is 0.950 bits per heavy atom. The fourth-order valence-electron chi connectivity index (χ4n) is 4.79. The summed E-state index contributed by atoms with van der Waals surface area (Å²) in [6, 6.07) is 21.3. The van der Waals surface area contributed by atoms with Gasteiger partial charge < -0.3 is 10.2 Å². The highest BCUT2D eigenvalue weighted by molar-refractivity contribution is 14.1. The summed E-state index contributed by atoms with van der Waals surface area (Å²) in [4.78, 5) is 28.9. The minimum absolute atomic E-state index is 0.0775. The number of rotatable bonds is 10. The van der Waals surface area contributed by atoms with Crippen molar-refractivity contribution in [3.63, 3.8) is 0 Å². The van der Waals surface area contributed by atoms with Crippen LogP contribution in [-0.4, -0.2) is 43.8 Å². The van der Waals surface area contributed by atoms with E-state index < -0.39 is 28.5 Å². The van der Waals surface area contributed by atoms with E-state index in [1.54, 1.807) is 73.7 Å². The predicted octanol–water partition coefficient (Wildman–Crippen LogP) is 6.01. The van der Waals surface area contributed by atoms with Gasteiger partial charge >= 0.3 is 0 Å².